The van der Waals surface area contributed by atoms with Crippen LogP contribution in [-0.4, -0.2) is 11.2 Å². The van der Waals surface area contributed by atoms with Gasteiger partial charge in [-0.3, -0.25) is 4.79 Å². The van der Waals surface area contributed by atoms with E-state index >= 15 is 0 Å². The van der Waals surface area contributed by atoms with Gasteiger partial charge in [0.25, 0.3) is 0 Å². The molecule has 5 heteroatoms. The Labute approximate surface area is 217 Å². The maximum Gasteiger partial charge on any atom is 0.230 e. The van der Waals surface area contributed by atoms with Crippen LogP contribution >= 0.6 is 7.14 Å². The zero-order chi connectivity index (χ0) is 25.8. The molecule has 184 valence electrons. The number of aryl methyl sites for hydroxylation is 1. The Morgan fingerprint density at radius 2 is 1.49 bits per heavy atom. The molecular formula is C32H28NO3P. The summed E-state index contributed by atoms with van der Waals surface area (Å²) < 4.78 is 21.1. The van der Waals surface area contributed by atoms with Crippen molar-refractivity contribution in [2.45, 2.75) is 31.9 Å². The van der Waals surface area contributed by atoms with E-state index < -0.39 is 12.9 Å². The molecule has 0 amide bonds. The van der Waals surface area contributed by atoms with E-state index in [0.29, 0.717) is 21.9 Å². The molecule has 2 aliphatic heterocycles. The van der Waals surface area contributed by atoms with Gasteiger partial charge in [-0.1, -0.05) is 78.4 Å². The first-order chi connectivity index (χ1) is 17.7. The topological polar surface area (TPSA) is 55.4 Å². The molecule has 4 nitrogen and oxygen atoms in total. The van der Waals surface area contributed by atoms with Gasteiger partial charge in [-0.05, 0) is 62.8 Å². The summed E-state index contributed by atoms with van der Waals surface area (Å²) >= 11 is 0. The summed E-state index contributed by atoms with van der Waals surface area (Å²) in [7, 11) is -3.58. The number of fused-ring (bicyclic) bond motifs is 2. The largest absolute Gasteiger partial charge is 0.463 e. The lowest BCUT2D eigenvalue weighted by molar-refractivity contribution is 0.0823. The van der Waals surface area contributed by atoms with Gasteiger partial charge in [0, 0.05) is 27.4 Å². The molecule has 0 aliphatic carbocycles. The molecule has 1 atom stereocenters. The van der Waals surface area contributed by atoms with Crippen molar-refractivity contribution >= 4 is 35.0 Å². The second-order valence-electron chi connectivity index (χ2n) is 10.3. The Morgan fingerprint density at radius 3 is 2.14 bits per heavy atom. The Balaban J connectivity index is 1.39. The van der Waals surface area contributed by atoms with Gasteiger partial charge in [-0.15, -0.1) is 0 Å². The van der Waals surface area contributed by atoms with Gasteiger partial charge in [-0.2, -0.15) is 0 Å². The minimum Gasteiger partial charge on any atom is -0.463 e. The molecule has 0 fully saturated rings. The molecule has 1 N–H and O–H groups in total. The minimum atomic E-state index is -3.58. The first kappa shape index (κ1) is 23.5. The van der Waals surface area contributed by atoms with Crippen LogP contribution in [-0.2, 0) is 9.98 Å². The number of rotatable bonds is 4. The van der Waals surface area contributed by atoms with Crippen LogP contribution < -0.4 is 20.7 Å². The van der Waals surface area contributed by atoms with Crippen LogP contribution in [0.5, 0.6) is 5.75 Å². The summed E-state index contributed by atoms with van der Waals surface area (Å²) in [5, 5.41) is 4.65. The Hall–Kier alpha value is -3.88. The number of benzene rings is 4. The molecule has 0 radical (unpaired) electrons. The van der Waals surface area contributed by atoms with Crippen LogP contribution in [0.1, 0.15) is 40.9 Å². The van der Waals surface area contributed by atoms with Crippen molar-refractivity contribution < 1.29 is 14.1 Å². The number of anilines is 1. The Bertz CT molecular complexity index is 1560. The Kier molecular flexibility index (Phi) is 5.29. The highest BCUT2D eigenvalue weighted by Crippen LogP contribution is 2.52. The fourth-order valence-corrected chi connectivity index (χ4v) is 7.86. The summed E-state index contributed by atoms with van der Waals surface area (Å²) in [5.41, 5.74) is 3.20. The van der Waals surface area contributed by atoms with Gasteiger partial charge < -0.3 is 14.6 Å². The molecule has 0 saturated heterocycles. The van der Waals surface area contributed by atoms with E-state index in [2.05, 4.69) is 44.3 Å². The van der Waals surface area contributed by atoms with Gasteiger partial charge in [0.05, 0.1) is 5.41 Å². The average molecular weight is 506 g/mol. The standard InChI is InChI=1S/C32H28NO3P/c1-22-14-16-28-27(20-22)31(2,3)32(33-28)19-18-23-21-24(15-17-29(23)36-32)30(34)37(35,25-10-6-4-7-11-25)26-12-8-5-9-13-26/h4-21,33H,1-3H3. The molecule has 0 saturated carbocycles. The highest BCUT2D eigenvalue weighted by molar-refractivity contribution is 7.93. The first-order valence-electron chi connectivity index (χ1n) is 12.4. The van der Waals surface area contributed by atoms with Crippen molar-refractivity contribution in [2.24, 2.45) is 0 Å². The number of carbonyl (C=O) groups is 1. The third-order valence-corrected chi connectivity index (χ3v) is 10.5. The Morgan fingerprint density at radius 1 is 0.838 bits per heavy atom. The molecular weight excluding hydrogens is 477 g/mol. The van der Waals surface area contributed by atoms with Crippen molar-refractivity contribution in [3.8, 4) is 5.75 Å². The molecule has 1 unspecified atom stereocenters. The third kappa shape index (κ3) is 3.51. The number of hydrogen-bond donors (Lipinski definition) is 1. The molecule has 6 rings (SSSR count). The summed E-state index contributed by atoms with van der Waals surface area (Å²) in [6, 6.07) is 29.8. The van der Waals surface area contributed by atoms with Crippen LogP contribution in [0, 0.1) is 6.92 Å². The number of carbonyl (C=O) groups excluding carboxylic acids is 1. The lowest BCUT2D eigenvalue weighted by atomic mass is 9.76. The third-order valence-electron chi connectivity index (χ3n) is 7.65. The van der Waals surface area contributed by atoms with Crippen molar-refractivity contribution in [3.05, 3.63) is 125 Å². The van der Waals surface area contributed by atoms with Gasteiger partial charge in [0.15, 0.2) is 0 Å². The van der Waals surface area contributed by atoms with Crippen molar-refractivity contribution in [1.29, 1.82) is 0 Å². The minimum absolute atomic E-state index is 0.326. The number of nitrogens with one attached hydrogen (secondary N) is 1. The van der Waals surface area contributed by atoms with Crippen LogP contribution in [0.4, 0.5) is 5.69 Å². The van der Waals surface area contributed by atoms with E-state index in [1.807, 2.05) is 54.6 Å². The molecule has 2 heterocycles. The van der Waals surface area contributed by atoms with Crippen molar-refractivity contribution in [3.63, 3.8) is 0 Å². The van der Waals surface area contributed by atoms with E-state index in [0.717, 1.165) is 11.3 Å². The summed E-state index contributed by atoms with van der Waals surface area (Å²) in [4.78, 5) is 13.9. The maximum absolute atomic E-state index is 14.5. The summed E-state index contributed by atoms with van der Waals surface area (Å²) in [6.45, 7) is 6.44. The predicted molar refractivity (Wildman–Crippen MR) is 151 cm³/mol. The normalized spacial score (nSPS) is 19.0. The zero-order valence-corrected chi connectivity index (χ0v) is 22.0. The van der Waals surface area contributed by atoms with E-state index in [1.165, 1.54) is 11.1 Å². The second kappa shape index (κ2) is 8.33. The lowest BCUT2D eigenvalue weighted by Crippen LogP contribution is -2.53. The van der Waals surface area contributed by atoms with Gasteiger partial charge in [0.2, 0.25) is 18.4 Å². The first-order valence-corrected chi connectivity index (χ1v) is 14.1. The summed E-state index contributed by atoms with van der Waals surface area (Å²) in [6.07, 6.45) is 4.03. The van der Waals surface area contributed by atoms with E-state index in [1.54, 1.807) is 36.4 Å². The number of ether oxygens (including phenoxy) is 1. The van der Waals surface area contributed by atoms with Crippen LogP contribution in [0.3, 0.4) is 0 Å². The fraction of sp³-hybridized carbons (Fsp3) is 0.156. The zero-order valence-electron chi connectivity index (χ0n) is 21.1. The van der Waals surface area contributed by atoms with Gasteiger partial charge in [0.1, 0.15) is 5.75 Å². The lowest BCUT2D eigenvalue weighted by Gasteiger charge is -2.41. The molecule has 4 aromatic carbocycles. The van der Waals surface area contributed by atoms with Crippen LogP contribution in [0.2, 0.25) is 0 Å². The average Bonchev–Trinajstić information content (AvgIpc) is 3.13. The SMILES string of the molecule is Cc1ccc2c(c1)C(C)(C)C1(C=Cc3cc(C(=O)P(=O)(c4ccccc4)c4ccccc4)ccc3O1)N2. The van der Waals surface area contributed by atoms with Gasteiger partial charge in [-0.25, -0.2) is 0 Å². The predicted octanol–water partition coefficient (Wildman–Crippen LogP) is 6.65. The smallest absolute Gasteiger partial charge is 0.230 e. The monoisotopic (exact) mass is 505 g/mol. The molecule has 2 aliphatic rings. The summed E-state index contributed by atoms with van der Waals surface area (Å²) in [5.74, 6) is 0.679. The molecule has 0 aromatic heterocycles. The maximum atomic E-state index is 14.5. The molecule has 37 heavy (non-hydrogen) atoms. The highest BCUT2D eigenvalue weighted by atomic mass is 31.2. The van der Waals surface area contributed by atoms with Gasteiger partial charge >= 0.3 is 0 Å². The fourth-order valence-electron chi connectivity index (χ4n) is 5.40. The molecule has 1 spiro atoms. The van der Waals surface area contributed by atoms with E-state index in [4.69, 9.17) is 4.74 Å². The highest BCUT2D eigenvalue weighted by Gasteiger charge is 2.54. The van der Waals surface area contributed by atoms with Crippen molar-refractivity contribution in [2.75, 3.05) is 5.32 Å². The van der Waals surface area contributed by atoms with E-state index in [-0.39, 0.29) is 10.9 Å². The number of hydrogen-bond acceptors (Lipinski definition) is 4. The van der Waals surface area contributed by atoms with Crippen molar-refractivity contribution in [1.82, 2.24) is 0 Å². The van der Waals surface area contributed by atoms with Crippen LogP contribution in [0.25, 0.3) is 6.08 Å². The quantitative estimate of drug-likeness (QED) is 0.316. The van der Waals surface area contributed by atoms with E-state index in [9.17, 15) is 9.36 Å². The molecule has 4 aromatic rings. The van der Waals surface area contributed by atoms with Crippen LogP contribution in [0.15, 0.2) is 103 Å². The second-order valence-corrected chi connectivity index (χ2v) is 13.0. The molecule has 0 bridgehead atoms.